The number of likely N-dealkylation sites (tertiary alicyclic amines) is 1. The fraction of sp³-hybridized carbons (Fsp3) is 0.462. The molecule has 4 rings (SSSR count). The van der Waals surface area contributed by atoms with Gasteiger partial charge in [0.2, 0.25) is 11.8 Å². The monoisotopic (exact) mass is 467 g/mol. The number of fused-ring (bicyclic) bond motifs is 1. The number of benzene rings is 2. The van der Waals surface area contributed by atoms with Gasteiger partial charge in [0.1, 0.15) is 19.0 Å². The fourth-order valence-corrected chi connectivity index (χ4v) is 4.63. The van der Waals surface area contributed by atoms with Crippen LogP contribution in [-0.4, -0.2) is 68.1 Å². The Labute approximate surface area is 200 Å². The first kappa shape index (κ1) is 23.9. The minimum atomic E-state index is -0.171. The van der Waals surface area contributed by atoms with Crippen LogP contribution in [0.1, 0.15) is 37.8 Å². The van der Waals surface area contributed by atoms with E-state index in [1.165, 1.54) is 0 Å². The van der Waals surface area contributed by atoms with E-state index in [0.717, 1.165) is 36.3 Å². The van der Waals surface area contributed by atoms with Crippen LogP contribution in [-0.2, 0) is 9.59 Å². The number of carbonyl (C=O) groups excluding carboxylic acids is 2. The van der Waals surface area contributed by atoms with E-state index in [4.69, 9.17) is 14.2 Å². The van der Waals surface area contributed by atoms with E-state index in [1.807, 2.05) is 47.1 Å². The quantitative estimate of drug-likeness (QED) is 0.608. The van der Waals surface area contributed by atoms with Crippen molar-refractivity contribution >= 4 is 17.5 Å². The number of carbonyl (C=O) groups is 2. The highest BCUT2D eigenvalue weighted by Crippen LogP contribution is 2.38. The Morgan fingerprint density at radius 3 is 2.71 bits per heavy atom. The molecule has 1 fully saturated rings. The van der Waals surface area contributed by atoms with Gasteiger partial charge in [0, 0.05) is 6.54 Å². The molecule has 1 atom stereocenters. The summed E-state index contributed by atoms with van der Waals surface area (Å²) in [5, 5.41) is 2.90. The molecule has 2 aliphatic heterocycles. The van der Waals surface area contributed by atoms with Crippen molar-refractivity contribution in [2.45, 2.75) is 32.2 Å². The van der Waals surface area contributed by atoms with E-state index >= 15 is 0 Å². The fourth-order valence-electron chi connectivity index (χ4n) is 4.63. The molecule has 1 saturated heterocycles. The number of hydrogen-bond acceptors (Lipinski definition) is 6. The van der Waals surface area contributed by atoms with Gasteiger partial charge in [0.25, 0.3) is 0 Å². The molecule has 8 nitrogen and oxygen atoms in total. The first-order chi connectivity index (χ1) is 16.6. The van der Waals surface area contributed by atoms with Gasteiger partial charge in [-0.1, -0.05) is 25.1 Å². The number of rotatable bonds is 9. The topological polar surface area (TPSA) is 80.3 Å². The Kier molecular flexibility index (Phi) is 7.90. The lowest BCUT2D eigenvalue weighted by Crippen LogP contribution is -2.43. The molecule has 2 aromatic carbocycles. The Morgan fingerprint density at radius 1 is 1.12 bits per heavy atom. The van der Waals surface area contributed by atoms with Crippen LogP contribution in [0, 0.1) is 0 Å². The zero-order valence-electron chi connectivity index (χ0n) is 19.9. The zero-order valence-corrected chi connectivity index (χ0v) is 19.9. The standard InChI is InChI=1S/C26H33N3O5/c1-3-12-28(17-25(30)27-20-7-4-5-9-22(20)32-2)18-26(31)29-13-6-8-21(29)19-10-11-23-24(16-19)34-15-14-33-23/h4-5,7,9-11,16,21H,3,6,8,12-15,17-18H2,1-2H3,(H,27,30). The van der Waals surface area contributed by atoms with Crippen molar-refractivity contribution < 1.29 is 23.8 Å². The van der Waals surface area contributed by atoms with Crippen molar-refractivity contribution in [3.05, 3.63) is 48.0 Å². The average molecular weight is 468 g/mol. The van der Waals surface area contributed by atoms with Crippen LogP contribution >= 0.6 is 0 Å². The van der Waals surface area contributed by atoms with Gasteiger partial charge in [-0.3, -0.25) is 14.5 Å². The number of anilines is 1. The van der Waals surface area contributed by atoms with Crippen LogP contribution < -0.4 is 19.5 Å². The lowest BCUT2D eigenvalue weighted by Gasteiger charge is -2.29. The van der Waals surface area contributed by atoms with Gasteiger partial charge in [-0.25, -0.2) is 0 Å². The van der Waals surface area contributed by atoms with E-state index in [0.29, 0.717) is 37.7 Å². The normalized spacial score (nSPS) is 17.0. The molecular weight excluding hydrogens is 434 g/mol. The van der Waals surface area contributed by atoms with Crippen LogP contribution in [0.25, 0.3) is 0 Å². The molecule has 2 aliphatic rings. The smallest absolute Gasteiger partial charge is 0.238 e. The van der Waals surface area contributed by atoms with Crippen LogP contribution in [0.2, 0.25) is 0 Å². The zero-order chi connectivity index (χ0) is 23.9. The molecule has 2 heterocycles. The molecule has 0 radical (unpaired) electrons. The van der Waals surface area contributed by atoms with Crippen molar-refractivity contribution in [2.75, 3.05) is 51.8 Å². The number of nitrogens with zero attached hydrogens (tertiary/aromatic N) is 2. The van der Waals surface area contributed by atoms with Crippen molar-refractivity contribution in [3.8, 4) is 17.2 Å². The number of ether oxygens (including phenoxy) is 3. The molecule has 34 heavy (non-hydrogen) atoms. The van der Waals surface area contributed by atoms with E-state index in [-0.39, 0.29) is 30.9 Å². The van der Waals surface area contributed by atoms with E-state index in [2.05, 4.69) is 5.32 Å². The van der Waals surface area contributed by atoms with Crippen molar-refractivity contribution in [1.82, 2.24) is 9.80 Å². The summed E-state index contributed by atoms with van der Waals surface area (Å²) in [4.78, 5) is 29.9. The molecule has 1 unspecified atom stereocenters. The predicted octanol–water partition coefficient (Wildman–Crippen LogP) is 3.48. The largest absolute Gasteiger partial charge is 0.495 e. The second kappa shape index (κ2) is 11.2. The number of amides is 2. The molecule has 1 N–H and O–H groups in total. The van der Waals surface area contributed by atoms with Gasteiger partial charge in [0.05, 0.1) is 31.9 Å². The first-order valence-electron chi connectivity index (χ1n) is 11.9. The molecule has 0 bridgehead atoms. The van der Waals surface area contributed by atoms with E-state index in [1.54, 1.807) is 19.2 Å². The summed E-state index contributed by atoms with van der Waals surface area (Å²) in [6.45, 7) is 4.85. The maximum absolute atomic E-state index is 13.3. The Hall–Kier alpha value is -3.26. The van der Waals surface area contributed by atoms with Crippen LogP contribution in [0.5, 0.6) is 17.2 Å². The van der Waals surface area contributed by atoms with Crippen molar-refractivity contribution in [2.24, 2.45) is 0 Å². The van der Waals surface area contributed by atoms with Crippen LogP contribution in [0.3, 0.4) is 0 Å². The number of methoxy groups -OCH3 is 1. The third-order valence-electron chi connectivity index (χ3n) is 6.17. The SMILES string of the molecule is CCCN(CC(=O)Nc1ccccc1OC)CC(=O)N1CCCC1c1ccc2c(c1)OCCO2. The van der Waals surface area contributed by atoms with Crippen molar-refractivity contribution in [1.29, 1.82) is 0 Å². The Bertz CT molecular complexity index is 1010. The van der Waals surface area contributed by atoms with Gasteiger partial charge >= 0.3 is 0 Å². The summed E-state index contributed by atoms with van der Waals surface area (Å²) in [6, 6.07) is 13.2. The molecule has 0 saturated carbocycles. The summed E-state index contributed by atoms with van der Waals surface area (Å²) in [5.41, 5.74) is 1.68. The molecule has 0 aromatic heterocycles. The van der Waals surface area contributed by atoms with Gasteiger partial charge in [0.15, 0.2) is 11.5 Å². The number of para-hydroxylation sites is 2. The van der Waals surface area contributed by atoms with E-state index < -0.39 is 0 Å². The Balaban J connectivity index is 1.40. The lowest BCUT2D eigenvalue weighted by atomic mass is 10.0. The molecule has 182 valence electrons. The predicted molar refractivity (Wildman–Crippen MR) is 129 cm³/mol. The third kappa shape index (κ3) is 5.62. The number of nitrogens with one attached hydrogen (secondary N) is 1. The molecule has 2 aromatic rings. The van der Waals surface area contributed by atoms with Gasteiger partial charge < -0.3 is 24.4 Å². The maximum atomic E-state index is 13.3. The summed E-state index contributed by atoms with van der Waals surface area (Å²) in [6.07, 6.45) is 2.71. The highest BCUT2D eigenvalue weighted by atomic mass is 16.6. The Morgan fingerprint density at radius 2 is 1.91 bits per heavy atom. The molecule has 0 aliphatic carbocycles. The first-order valence-corrected chi connectivity index (χ1v) is 11.9. The highest BCUT2D eigenvalue weighted by Gasteiger charge is 2.31. The summed E-state index contributed by atoms with van der Waals surface area (Å²) in [5.74, 6) is 1.96. The van der Waals surface area contributed by atoms with Gasteiger partial charge in [-0.05, 0) is 55.6 Å². The summed E-state index contributed by atoms with van der Waals surface area (Å²) in [7, 11) is 1.57. The number of hydrogen-bond donors (Lipinski definition) is 1. The van der Waals surface area contributed by atoms with Crippen molar-refractivity contribution in [3.63, 3.8) is 0 Å². The van der Waals surface area contributed by atoms with Crippen LogP contribution in [0.15, 0.2) is 42.5 Å². The minimum Gasteiger partial charge on any atom is -0.495 e. The van der Waals surface area contributed by atoms with Gasteiger partial charge in [-0.2, -0.15) is 0 Å². The van der Waals surface area contributed by atoms with E-state index in [9.17, 15) is 9.59 Å². The minimum absolute atomic E-state index is 0.00853. The molecule has 0 spiro atoms. The molecule has 2 amide bonds. The van der Waals surface area contributed by atoms with Crippen LogP contribution in [0.4, 0.5) is 5.69 Å². The second-order valence-corrected chi connectivity index (χ2v) is 8.61. The second-order valence-electron chi connectivity index (χ2n) is 8.61. The maximum Gasteiger partial charge on any atom is 0.238 e. The van der Waals surface area contributed by atoms with Gasteiger partial charge in [-0.15, -0.1) is 0 Å². The summed E-state index contributed by atoms with van der Waals surface area (Å²) >= 11 is 0. The molecular formula is C26H33N3O5. The highest BCUT2D eigenvalue weighted by molar-refractivity contribution is 5.94. The molecule has 8 heteroatoms. The lowest BCUT2D eigenvalue weighted by molar-refractivity contribution is -0.133. The summed E-state index contributed by atoms with van der Waals surface area (Å²) < 4.78 is 16.7. The third-order valence-corrected chi connectivity index (χ3v) is 6.17. The average Bonchev–Trinajstić information content (AvgIpc) is 3.34.